The number of halogens is 4. The van der Waals surface area contributed by atoms with Crippen LogP contribution in [0, 0.1) is 11.7 Å². The van der Waals surface area contributed by atoms with Gasteiger partial charge >= 0.3 is 6.18 Å². The maximum Gasteiger partial charge on any atom is 0.414 e. The van der Waals surface area contributed by atoms with Crippen LogP contribution in [0.5, 0.6) is 0 Å². The summed E-state index contributed by atoms with van der Waals surface area (Å²) in [4.78, 5) is 1.79. The van der Waals surface area contributed by atoms with Gasteiger partial charge in [0.05, 0.1) is 6.10 Å². The SMILES string of the molecule is OC(CN1CCC(C(O)C(F)(F)F)CC1)c1ccccc1F. The second-order valence-electron chi connectivity index (χ2n) is 5.66. The average Bonchev–Trinajstić information content (AvgIpc) is 2.46. The highest BCUT2D eigenvalue weighted by molar-refractivity contribution is 5.20. The fourth-order valence-electron chi connectivity index (χ4n) is 2.81. The van der Waals surface area contributed by atoms with Gasteiger partial charge in [0.1, 0.15) is 5.82 Å². The molecule has 0 bridgehead atoms. The first-order chi connectivity index (χ1) is 10.3. The van der Waals surface area contributed by atoms with Gasteiger partial charge in [0.2, 0.25) is 0 Å². The van der Waals surface area contributed by atoms with Gasteiger partial charge in [0.15, 0.2) is 6.10 Å². The van der Waals surface area contributed by atoms with E-state index in [0.717, 1.165) is 0 Å². The van der Waals surface area contributed by atoms with Crippen LogP contribution in [0.4, 0.5) is 17.6 Å². The Labute approximate surface area is 126 Å². The van der Waals surface area contributed by atoms with Crippen molar-refractivity contribution in [3.8, 4) is 0 Å². The van der Waals surface area contributed by atoms with Crippen LogP contribution >= 0.6 is 0 Å². The average molecular weight is 321 g/mol. The van der Waals surface area contributed by atoms with Crippen LogP contribution in [-0.2, 0) is 0 Å². The molecule has 0 radical (unpaired) electrons. The Morgan fingerprint density at radius 3 is 2.27 bits per heavy atom. The molecule has 0 aliphatic carbocycles. The molecule has 1 heterocycles. The molecule has 2 N–H and O–H groups in total. The zero-order chi connectivity index (χ0) is 16.3. The van der Waals surface area contributed by atoms with E-state index >= 15 is 0 Å². The van der Waals surface area contributed by atoms with E-state index in [9.17, 15) is 27.8 Å². The van der Waals surface area contributed by atoms with Gasteiger partial charge in [-0.15, -0.1) is 0 Å². The summed E-state index contributed by atoms with van der Waals surface area (Å²) < 4.78 is 50.9. The predicted octanol–water partition coefficient (Wildman–Crippen LogP) is 2.49. The molecule has 0 saturated carbocycles. The number of benzene rings is 1. The molecule has 1 saturated heterocycles. The molecule has 124 valence electrons. The van der Waals surface area contributed by atoms with E-state index in [-0.39, 0.29) is 24.9 Å². The monoisotopic (exact) mass is 321 g/mol. The number of hydrogen-bond donors (Lipinski definition) is 2. The zero-order valence-electron chi connectivity index (χ0n) is 11.9. The van der Waals surface area contributed by atoms with E-state index in [0.29, 0.717) is 13.1 Å². The topological polar surface area (TPSA) is 43.7 Å². The summed E-state index contributed by atoms with van der Waals surface area (Å²) >= 11 is 0. The molecule has 3 nitrogen and oxygen atoms in total. The van der Waals surface area contributed by atoms with Gasteiger partial charge in [-0.1, -0.05) is 18.2 Å². The number of hydrogen-bond acceptors (Lipinski definition) is 3. The molecule has 2 rings (SSSR count). The summed E-state index contributed by atoms with van der Waals surface area (Å²) in [5, 5.41) is 19.3. The highest BCUT2D eigenvalue weighted by atomic mass is 19.4. The van der Waals surface area contributed by atoms with Crippen molar-refractivity contribution in [3.63, 3.8) is 0 Å². The Morgan fingerprint density at radius 2 is 1.73 bits per heavy atom. The number of piperidine rings is 1. The Kier molecular flexibility index (Phi) is 5.41. The first-order valence-corrected chi connectivity index (χ1v) is 7.18. The van der Waals surface area contributed by atoms with Gasteiger partial charge < -0.3 is 15.1 Å². The van der Waals surface area contributed by atoms with Crippen LogP contribution < -0.4 is 0 Å². The van der Waals surface area contributed by atoms with Crippen molar-refractivity contribution < 1.29 is 27.8 Å². The lowest BCUT2D eigenvalue weighted by atomic mass is 9.90. The van der Waals surface area contributed by atoms with E-state index in [2.05, 4.69) is 0 Å². The van der Waals surface area contributed by atoms with Gasteiger partial charge in [-0.05, 0) is 37.9 Å². The number of aliphatic hydroxyl groups is 2. The summed E-state index contributed by atoms with van der Waals surface area (Å²) in [7, 11) is 0. The molecule has 1 aromatic carbocycles. The van der Waals surface area contributed by atoms with E-state index in [1.165, 1.54) is 18.2 Å². The van der Waals surface area contributed by atoms with Crippen molar-refractivity contribution in [2.45, 2.75) is 31.2 Å². The molecule has 0 spiro atoms. The molecule has 2 unspecified atom stereocenters. The lowest BCUT2D eigenvalue weighted by Crippen LogP contribution is -2.44. The van der Waals surface area contributed by atoms with Gasteiger partial charge in [-0.2, -0.15) is 13.2 Å². The largest absolute Gasteiger partial charge is 0.414 e. The molecule has 7 heteroatoms. The minimum atomic E-state index is -4.60. The highest BCUT2D eigenvalue weighted by Gasteiger charge is 2.44. The second-order valence-corrected chi connectivity index (χ2v) is 5.66. The van der Waals surface area contributed by atoms with Crippen molar-refractivity contribution in [2.24, 2.45) is 5.92 Å². The smallest absolute Gasteiger partial charge is 0.387 e. The lowest BCUT2D eigenvalue weighted by Gasteiger charge is -2.35. The van der Waals surface area contributed by atoms with Crippen LogP contribution in [0.2, 0.25) is 0 Å². The molecular formula is C15H19F4NO2. The summed E-state index contributed by atoms with van der Waals surface area (Å²) in [6.07, 6.45) is -7.52. The Bertz CT molecular complexity index is 487. The summed E-state index contributed by atoms with van der Waals surface area (Å²) in [6, 6.07) is 5.88. The second kappa shape index (κ2) is 6.93. The minimum Gasteiger partial charge on any atom is -0.387 e. The molecule has 1 aromatic rings. The van der Waals surface area contributed by atoms with Crippen molar-refractivity contribution in [3.05, 3.63) is 35.6 Å². The van der Waals surface area contributed by atoms with Gasteiger partial charge in [0.25, 0.3) is 0 Å². The van der Waals surface area contributed by atoms with Gasteiger partial charge in [-0.3, -0.25) is 0 Å². The molecule has 0 amide bonds. The third-order valence-corrected chi connectivity index (χ3v) is 4.11. The normalized spacial score (nSPS) is 20.8. The standard InChI is InChI=1S/C15H19F4NO2/c16-12-4-2-1-3-11(12)13(21)9-20-7-5-10(6-8-20)14(22)15(17,18)19/h1-4,10,13-14,21-22H,5-9H2. The maximum atomic E-state index is 13.6. The minimum absolute atomic E-state index is 0.162. The first kappa shape index (κ1) is 17.2. The fraction of sp³-hybridized carbons (Fsp3) is 0.600. The van der Waals surface area contributed by atoms with E-state index in [4.69, 9.17) is 0 Å². The van der Waals surface area contributed by atoms with Crippen molar-refractivity contribution in [1.29, 1.82) is 0 Å². The van der Waals surface area contributed by atoms with E-state index < -0.39 is 30.1 Å². The molecule has 1 aliphatic heterocycles. The number of β-amino-alcohol motifs (C(OH)–C–C–N with tert-alkyl or cyclic N) is 1. The van der Waals surface area contributed by atoms with Crippen LogP contribution in [0.1, 0.15) is 24.5 Å². The summed E-state index contributed by atoms with van der Waals surface area (Å²) in [5.74, 6) is -1.32. The molecule has 0 aromatic heterocycles. The van der Waals surface area contributed by atoms with Crippen molar-refractivity contribution in [2.75, 3.05) is 19.6 Å². The third-order valence-electron chi connectivity index (χ3n) is 4.11. The Morgan fingerprint density at radius 1 is 1.14 bits per heavy atom. The molecule has 1 aliphatic rings. The van der Waals surface area contributed by atoms with Crippen LogP contribution in [0.25, 0.3) is 0 Å². The van der Waals surface area contributed by atoms with Crippen molar-refractivity contribution >= 4 is 0 Å². The van der Waals surface area contributed by atoms with E-state index in [1.54, 1.807) is 11.0 Å². The van der Waals surface area contributed by atoms with Crippen molar-refractivity contribution in [1.82, 2.24) is 4.90 Å². The van der Waals surface area contributed by atoms with Crippen LogP contribution in [0.15, 0.2) is 24.3 Å². The third kappa shape index (κ3) is 4.18. The number of rotatable bonds is 4. The van der Waals surface area contributed by atoms with Crippen LogP contribution in [-0.4, -0.2) is 47.0 Å². The summed E-state index contributed by atoms with van der Waals surface area (Å²) in [6.45, 7) is 0.836. The Balaban J connectivity index is 1.86. The number of likely N-dealkylation sites (tertiary alicyclic amines) is 1. The summed E-state index contributed by atoms with van der Waals surface area (Å²) in [5.41, 5.74) is 0.181. The number of aliphatic hydroxyl groups excluding tert-OH is 2. The van der Waals surface area contributed by atoms with E-state index in [1.807, 2.05) is 0 Å². The zero-order valence-corrected chi connectivity index (χ0v) is 11.9. The first-order valence-electron chi connectivity index (χ1n) is 7.18. The molecule has 2 atom stereocenters. The highest BCUT2D eigenvalue weighted by Crippen LogP contribution is 2.32. The van der Waals surface area contributed by atoms with Gasteiger partial charge in [0, 0.05) is 12.1 Å². The maximum absolute atomic E-state index is 13.6. The molecular weight excluding hydrogens is 302 g/mol. The predicted molar refractivity (Wildman–Crippen MR) is 72.6 cm³/mol. The Hall–Kier alpha value is -1.18. The number of nitrogens with zero attached hydrogens (tertiary/aromatic N) is 1. The molecule has 1 fully saturated rings. The molecule has 22 heavy (non-hydrogen) atoms. The van der Waals surface area contributed by atoms with Gasteiger partial charge in [-0.25, -0.2) is 4.39 Å². The fourth-order valence-corrected chi connectivity index (χ4v) is 2.81. The van der Waals surface area contributed by atoms with Crippen LogP contribution in [0.3, 0.4) is 0 Å². The lowest BCUT2D eigenvalue weighted by molar-refractivity contribution is -0.223. The number of alkyl halides is 3. The quantitative estimate of drug-likeness (QED) is 0.838.